The molecule has 0 spiro atoms. The number of benzene rings is 1. The summed E-state index contributed by atoms with van der Waals surface area (Å²) < 4.78 is 0. The fourth-order valence-electron chi connectivity index (χ4n) is 2.32. The van der Waals surface area contributed by atoms with Crippen LogP contribution in [0.5, 0.6) is 5.75 Å². The SMILES string of the molecule is CC(=O)Nc1ccc2c(c1C=O)COO2.c1cc(-c2nccs2)ccn1. The molecule has 0 radical (unpaired) electrons. The summed E-state index contributed by atoms with van der Waals surface area (Å²) in [5.41, 5.74) is 2.68. The van der Waals surface area contributed by atoms with Crippen LogP contribution in [-0.4, -0.2) is 22.2 Å². The topological polar surface area (TPSA) is 90.4 Å². The minimum Gasteiger partial charge on any atom is -0.337 e. The third-order valence-electron chi connectivity index (χ3n) is 3.45. The molecule has 0 saturated carbocycles. The normalized spacial score (nSPS) is 11.6. The van der Waals surface area contributed by atoms with Crippen molar-refractivity contribution < 1.29 is 19.4 Å². The number of hydrogen-bond donors (Lipinski definition) is 1. The Bertz CT molecular complexity index is 898. The Balaban J connectivity index is 0.000000158. The molecule has 1 amide bonds. The second-order valence-corrected chi connectivity index (χ2v) is 6.12. The molecule has 2 aromatic heterocycles. The molecule has 1 aliphatic rings. The van der Waals surface area contributed by atoms with Crippen LogP contribution < -0.4 is 10.2 Å². The fraction of sp³-hybridized carbons (Fsp3) is 0.111. The van der Waals surface area contributed by atoms with Gasteiger partial charge in [0.05, 0.1) is 5.69 Å². The Labute approximate surface area is 153 Å². The predicted molar refractivity (Wildman–Crippen MR) is 96.9 cm³/mol. The highest BCUT2D eigenvalue weighted by atomic mass is 32.1. The summed E-state index contributed by atoms with van der Waals surface area (Å²) in [6.45, 7) is 1.60. The van der Waals surface area contributed by atoms with Crippen molar-refractivity contribution in [2.45, 2.75) is 13.5 Å². The molecule has 4 rings (SSSR count). The van der Waals surface area contributed by atoms with Crippen LogP contribution in [0.15, 0.2) is 48.2 Å². The second kappa shape index (κ2) is 8.32. The maximum absolute atomic E-state index is 10.9. The van der Waals surface area contributed by atoms with Gasteiger partial charge >= 0.3 is 0 Å². The summed E-state index contributed by atoms with van der Waals surface area (Å²) >= 11 is 1.64. The third kappa shape index (κ3) is 4.11. The van der Waals surface area contributed by atoms with E-state index in [-0.39, 0.29) is 12.5 Å². The van der Waals surface area contributed by atoms with Crippen molar-refractivity contribution in [1.82, 2.24) is 9.97 Å². The number of carbonyl (C=O) groups excluding carboxylic acids is 2. The zero-order valence-electron chi connectivity index (χ0n) is 13.8. The number of nitrogens with zero attached hydrogens (tertiary/aromatic N) is 2. The van der Waals surface area contributed by atoms with Gasteiger partial charge in [-0.3, -0.25) is 14.6 Å². The average molecular weight is 369 g/mol. The van der Waals surface area contributed by atoms with Crippen LogP contribution in [0, 0.1) is 0 Å². The van der Waals surface area contributed by atoms with Crippen molar-refractivity contribution in [3.05, 3.63) is 59.4 Å². The van der Waals surface area contributed by atoms with Gasteiger partial charge in [-0.25, -0.2) is 4.98 Å². The number of fused-ring (bicyclic) bond motifs is 1. The van der Waals surface area contributed by atoms with E-state index in [9.17, 15) is 9.59 Å². The first-order chi connectivity index (χ1) is 12.7. The molecular formula is C18H15N3O4S. The maximum atomic E-state index is 10.9. The molecule has 1 aliphatic heterocycles. The molecular weight excluding hydrogens is 354 g/mol. The number of rotatable bonds is 3. The van der Waals surface area contributed by atoms with Gasteiger partial charge in [0.2, 0.25) is 5.91 Å². The Morgan fingerprint density at radius 3 is 2.69 bits per heavy atom. The van der Waals surface area contributed by atoms with Crippen LogP contribution in [0.2, 0.25) is 0 Å². The predicted octanol–water partition coefficient (Wildman–Crippen LogP) is 3.49. The highest BCUT2D eigenvalue weighted by Gasteiger charge is 2.20. The lowest BCUT2D eigenvalue weighted by molar-refractivity contribution is -0.194. The second-order valence-electron chi connectivity index (χ2n) is 5.22. The van der Waals surface area contributed by atoms with E-state index in [1.807, 2.05) is 17.5 Å². The lowest BCUT2D eigenvalue weighted by Crippen LogP contribution is -2.08. The molecule has 3 heterocycles. The molecule has 8 heteroatoms. The number of aromatic nitrogens is 2. The zero-order valence-corrected chi connectivity index (χ0v) is 14.7. The van der Waals surface area contributed by atoms with Crippen LogP contribution in [0.3, 0.4) is 0 Å². The first-order valence-corrected chi connectivity index (χ1v) is 8.55. The summed E-state index contributed by atoms with van der Waals surface area (Å²) in [7, 11) is 0. The van der Waals surface area contributed by atoms with Gasteiger partial charge in [0, 0.05) is 47.6 Å². The number of pyridine rings is 1. The van der Waals surface area contributed by atoms with Crippen molar-refractivity contribution >= 4 is 29.2 Å². The average Bonchev–Trinajstić information content (AvgIpc) is 3.34. The highest BCUT2D eigenvalue weighted by molar-refractivity contribution is 7.13. The summed E-state index contributed by atoms with van der Waals surface area (Å²) in [4.78, 5) is 39.5. The molecule has 0 aliphatic carbocycles. The van der Waals surface area contributed by atoms with Crippen molar-refractivity contribution in [3.8, 4) is 16.3 Å². The van der Waals surface area contributed by atoms with E-state index < -0.39 is 0 Å². The smallest absolute Gasteiger partial charge is 0.221 e. The van der Waals surface area contributed by atoms with Crippen LogP contribution in [0.25, 0.3) is 10.6 Å². The minimum atomic E-state index is -0.224. The minimum absolute atomic E-state index is 0.219. The van der Waals surface area contributed by atoms with Gasteiger partial charge in [-0.05, 0) is 24.3 Å². The number of anilines is 1. The highest BCUT2D eigenvalue weighted by Crippen LogP contribution is 2.32. The Hall–Kier alpha value is -3.10. The Morgan fingerprint density at radius 1 is 1.23 bits per heavy atom. The molecule has 1 aromatic carbocycles. The molecule has 0 atom stereocenters. The molecule has 0 bridgehead atoms. The van der Waals surface area contributed by atoms with Gasteiger partial charge in [0.25, 0.3) is 0 Å². The monoisotopic (exact) mass is 369 g/mol. The van der Waals surface area contributed by atoms with Crippen LogP contribution in [-0.2, 0) is 16.3 Å². The van der Waals surface area contributed by atoms with E-state index in [0.29, 0.717) is 28.8 Å². The van der Waals surface area contributed by atoms with Crippen molar-refractivity contribution in [2.24, 2.45) is 0 Å². The number of aldehydes is 1. The quantitative estimate of drug-likeness (QED) is 0.561. The fourth-order valence-corrected chi connectivity index (χ4v) is 2.96. The Kier molecular flexibility index (Phi) is 5.67. The molecule has 132 valence electrons. The van der Waals surface area contributed by atoms with Crippen molar-refractivity contribution in [1.29, 1.82) is 0 Å². The van der Waals surface area contributed by atoms with Crippen molar-refractivity contribution in [2.75, 3.05) is 5.32 Å². The standard InChI is InChI=1S/C10H9NO4.C8H6N2S/c1-6(13)11-9-2-3-10-8(5-14-15-10)7(9)4-12;1-3-9-4-2-7(1)8-10-5-6-11-8/h2-4H,5H2,1H3,(H,11,13);1-6H. The first kappa shape index (κ1) is 17.7. The maximum Gasteiger partial charge on any atom is 0.221 e. The van der Waals surface area contributed by atoms with Crippen LogP contribution in [0.1, 0.15) is 22.8 Å². The first-order valence-electron chi connectivity index (χ1n) is 7.67. The molecule has 0 saturated heterocycles. The summed E-state index contributed by atoms with van der Waals surface area (Å²) in [6, 6.07) is 7.18. The van der Waals surface area contributed by atoms with Gasteiger partial charge in [-0.2, -0.15) is 4.89 Å². The summed E-state index contributed by atoms with van der Waals surface area (Å²) in [5.74, 6) is 0.295. The molecule has 26 heavy (non-hydrogen) atoms. The van der Waals surface area contributed by atoms with E-state index in [4.69, 9.17) is 9.78 Å². The zero-order chi connectivity index (χ0) is 18.4. The van der Waals surface area contributed by atoms with E-state index >= 15 is 0 Å². The number of amides is 1. The van der Waals surface area contributed by atoms with E-state index in [2.05, 4.69) is 15.3 Å². The van der Waals surface area contributed by atoms with E-state index in [0.717, 1.165) is 10.6 Å². The molecule has 0 fully saturated rings. The number of hydrogen-bond acceptors (Lipinski definition) is 7. The lowest BCUT2D eigenvalue weighted by atomic mass is 10.1. The molecule has 1 N–H and O–H groups in total. The van der Waals surface area contributed by atoms with Gasteiger partial charge in [-0.15, -0.1) is 11.3 Å². The molecule has 0 unspecified atom stereocenters. The van der Waals surface area contributed by atoms with E-state index in [1.165, 1.54) is 6.92 Å². The van der Waals surface area contributed by atoms with Crippen molar-refractivity contribution in [3.63, 3.8) is 0 Å². The van der Waals surface area contributed by atoms with E-state index in [1.54, 1.807) is 42.1 Å². The molecule has 7 nitrogen and oxygen atoms in total. The molecule has 3 aromatic rings. The van der Waals surface area contributed by atoms with Gasteiger partial charge < -0.3 is 10.2 Å². The van der Waals surface area contributed by atoms with Gasteiger partial charge in [0.15, 0.2) is 12.0 Å². The van der Waals surface area contributed by atoms with Gasteiger partial charge in [0.1, 0.15) is 11.6 Å². The summed E-state index contributed by atoms with van der Waals surface area (Å²) in [5, 5.41) is 5.59. The van der Waals surface area contributed by atoms with Crippen LogP contribution >= 0.6 is 11.3 Å². The van der Waals surface area contributed by atoms with Crippen LogP contribution in [0.4, 0.5) is 5.69 Å². The number of nitrogens with one attached hydrogen (secondary N) is 1. The lowest BCUT2D eigenvalue weighted by Gasteiger charge is -2.07. The number of thiazole rings is 1. The Morgan fingerprint density at radius 2 is 2.04 bits per heavy atom. The van der Waals surface area contributed by atoms with Gasteiger partial charge in [-0.1, -0.05) is 0 Å². The largest absolute Gasteiger partial charge is 0.337 e. The number of carbonyl (C=O) groups is 2. The third-order valence-corrected chi connectivity index (χ3v) is 4.28. The summed E-state index contributed by atoms with van der Waals surface area (Å²) in [6.07, 6.45) is 6.04.